The van der Waals surface area contributed by atoms with E-state index in [1.54, 1.807) is 0 Å². The molecule has 0 aromatic carbocycles. The first-order valence-corrected chi connectivity index (χ1v) is 7.46. The van der Waals surface area contributed by atoms with Crippen LogP contribution in [0.25, 0.3) is 0 Å². The normalized spacial score (nSPS) is 20.7. The van der Waals surface area contributed by atoms with Crippen molar-refractivity contribution in [1.82, 2.24) is 4.90 Å². The maximum absolute atomic E-state index is 3.82. The summed E-state index contributed by atoms with van der Waals surface area (Å²) in [5.74, 6) is 2.78. The van der Waals surface area contributed by atoms with E-state index in [1.807, 2.05) is 6.08 Å². The Morgan fingerprint density at radius 1 is 1.18 bits per heavy atom. The quantitative estimate of drug-likeness (QED) is 0.595. The minimum absolute atomic E-state index is 0.872. The Morgan fingerprint density at radius 2 is 1.82 bits per heavy atom. The lowest BCUT2D eigenvalue weighted by Gasteiger charge is -2.34. The molecule has 1 fully saturated rings. The lowest BCUT2D eigenvalue weighted by atomic mass is 9.82. The number of nitrogens with zero attached hydrogens (tertiary/aromatic N) is 1. The van der Waals surface area contributed by atoms with Crippen molar-refractivity contribution in [2.24, 2.45) is 17.8 Å². The summed E-state index contributed by atoms with van der Waals surface area (Å²) in [6.45, 7) is 14.6. The lowest BCUT2D eigenvalue weighted by molar-refractivity contribution is 0.158. The Bertz CT molecular complexity index is 202. The zero-order valence-corrected chi connectivity index (χ0v) is 12.1. The average molecular weight is 237 g/mol. The molecule has 17 heavy (non-hydrogen) atoms. The first-order valence-electron chi connectivity index (χ1n) is 7.46. The second-order valence-corrected chi connectivity index (χ2v) is 6.23. The molecule has 1 unspecified atom stereocenters. The Balaban J connectivity index is 2.16. The number of hydrogen-bond donors (Lipinski definition) is 0. The van der Waals surface area contributed by atoms with Gasteiger partial charge in [-0.05, 0) is 43.7 Å². The summed E-state index contributed by atoms with van der Waals surface area (Å²) in [5.41, 5.74) is 0. The first kappa shape index (κ1) is 14.8. The molecule has 1 heteroatoms. The molecule has 1 aliphatic heterocycles. The van der Waals surface area contributed by atoms with Gasteiger partial charge in [0, 0.05) is 6.54 Å². The van der Waals surface area contributed by atoms with Gasteiger partial charge in [-0.3, -0.25) is 4.90 Å². The van der Waals surface area contributed by atoms with Crippen LogP contribution in [0.4, 0.5) is 0 Å². The van der Waals surface area contributed by atoms with Crippen molar-refractivity contribution < 1.29 is 0 Å². The Hall–Kier alpha value is -0.300. The molecule has 0 spiro atoms. The Kier molecular flexibility index (Phi) is 6.87. The molecule has 1 saturated heterocycles. The van der Waals surface area contributed by atoms with Crippen molar-refractivity contribution in [1.29, 1.82) is 0 Å². The van der Waals surface area contributed by atoms with E-state index in [0.29, 0.717) is 0 Å². The summed E-state index contributed by atoms with van der Waals surface area (Å²) in [4.78, 5) is 2.53. The summed E-state index contributed by atoms with van der Waals surface area (Å²) < 4.78 is 0. The van der Waals surface area contributed by atoms with Gasteiger partial charge < -0.3 is 0 Å². The van der Waals surface area contributed by atoms with Crippen LogP contribution in [0.15, 0.2) is 12.7 Å². The Labute approximate surface area is 108 Å². The molecule has 0 amide bonds. The van der Waals surface area contributed by atoms with Crippen molar-refractivity contribution in [2.45, 2.75) is 52.9 Å². The monoisotopic (exact) mass is 237 g/mol. The fraction of sp³-hybridized carbons (Fsp3) is 0.875. The van der Waals surface area contributed by atoms with E-state index in [2.05, 4.69) is 32.3 Å². The highest BCUT2D eigenvalue weighted by Crippen LogP contribution is 2.28. The van der Waals surface area contributed by atoms with E-state index in [1.165, 1.54) is 45.2 Å². The van der Waals surface area contributed by atoms with E-state index in [9.17, 15) is 0 Å². The molecule has 0 saturated carbocycles. The van der Waals surface area contributed by atoms with Crippen molar-refractivity contribution in [3.63, 3.8) is 0 Å². The van der Waals surface area contributed by atoms with Crippen LogP contribution in [0.1, 0.15) is 52.9 Å². The predicted octanol–water partition coefficient (Wildman–Crippen LogP) is 4.35. The van der Waals surface area contributed by atoms with Crippen LogP contribution in [0.2, 0.25) is 0 Å². The van der Waals surface area contributed by atoms with Gasteiger partial charge >= 0.3 is 0 Å². The molecule has 1 heterocycles. The van der Waals surface area contributed by atoms with Gasteiger partial charge in [0.2, 0.25) is 0 Å². The molecule has 1 rings (SSSR count). The van der Waals surface area contributed by atoms with E-state index in [-0.39, 0.29) is 0 Å². The molecule has 0 radical (unpaired) electrons. The van der Waals surface area contributed by atoms with Crippen LogP contribution in [-0.4, -0.2) is 24.5 Å². The molecule has 1 aliphatic rings. The van der Waals surface area contributed by atoms with E-state index < -0.39 is 0 Å². The largest absolute Gasteiger partial charge is 0.300 e. The molecule has 0 aromatic rings. The van der Waals surface area contributed by atoms with Gasteiger partial charge in [0.05, 0.1) is 0 Å². The van der Waals surface area contributed by atoms with Gasteiger partial charge in [0.15, 0.2) is 0 Å². The standard InChI is InChI=1S/C16H31N/c1-5-11-17-12-9-16(10-13-17)15(4)8-6-7-14(2)3/h5,14-16H,1,6-13H2,2-4H3. The fourth-order valence-corrected chi connectivity index (χ4v) is 2.97. The van der Waals surface area contributed by atoms with Crippen LogP contribution in [0.5, 0.6) is 0 Å². The van der Waals surface area contributed by atoms with Gasteiger partial charge in [0.1, 0.15) is 0 Å². The Morgan fingerprint density at radius 3 is 2.35 bits per heavy atom. The third-order valence-electron chi connectivity index (χ3n) is 4.27. The number of rotatable bonds is 7. The molecule has 0 N–H and O–H groups in total. The zero-order chi connectivity index (χ0) is 12.7. The van der Waals surface area contributed by atoms with Crippen LogP contribution in [-0.2, 0) is 0 Å². The minimum atomic E-state index is 0.872. The van der Waals surface area contributed by atoms with Gasteiger partial charge in [-0.1, -0.05) is 46.1 Å². The molecule has 1 atom stereocenters. The second-order valence-electron chi connectivity index (χ2n) is 6.23. The summed E-state index contributed by atoms with van der Waals surface area (Å²) in [6, 6.07) is 0. The molecule has 1 nitrogen and oxygen atoms in total. The highest BCUT2D eigenvalue weighted by molar-refractivity contribution is 4.80. The molecular weight excluding hydrogens is 206 g/mol. The fourth-order valence-electron chi connectivity index (χ4n) is 2.97. The predicted molar refractivity (Wildman–Crippen MR) is 77.2 cm³/mol. The molecular formula is C16H31N. The smallest absolute Gasteiger partial charge is 0.0160 e. The van der Waals surface area contributed by atoms with Gasteiger partial charge in [0.25, 0.3) is 0 Å². The first-order chi connectivity index (χ1) is 8.13. The molecule has 0 aromatic heterocycles. The highest BCUT2D eigenvalue weighted by atomic mass is 15.1. The molecule has 0 aliphatic carbocycles. The summed E-state index contributed by atoms with van der Waals surface area (Å²) in [6.07, 6.45) is 9.09. The molecule has 100 valence electrons. The lowest BCUT2D eigenvalue weighted by Crippen LogP contribution is -2.35. The highest BCUT2D eigenvalue weighted by Gasteiger charge is 2.22. The average Bonchev–Trinajstić information content (AvgIpc) is 2.30. The van der Waals surface area contributed by atoms with Crippen LogP contribution < -0.4 is 0 Å². The topological polar surface area (TPSA) is 3.24 Å². The van der Waals surface area contributed by atoms with Gasteiger partial charge in [-0.2, -0.15) is 0 Å². The van der Waals surface area contributed by atoms with Crippen LogP contribution >= 0.6 is 0 Å². The molecule has 0 bridgehead atoms. The van der Waals surface area contributed by atoms with Crippen molar-refractivity contribution in [3.8, 4) is 0 Å². The van der Waals surface area contributed by atoms with E-state index >= 15 is 0 Å². The third kappa shape index (κ3) is 5.72. The van der Waals surface area contributed by atoms with Crippen LogP contribution in [0, 0.1) is 17.8 Å². The summed E-state index contributed by atoms with van der Waals surface area (Å²) in [5, 5.41) is 0. The zero-order valence-electron chi connectivity index (χ0n) is 12.1. The van der Waals surface area contributed by atoms with Crippen LogP contribution in [0.3, 0.4) is 0 Å². The number of hydrogen-bond acceptors (Lipinski definition) is 1. The van der Waals surface area contributed by atoms with E-state index in [4.69, 9.17) is 0 Å². The summed E-state index contributed by atoms with van der Waals surface area (Å²) in [7, 11) is 0. The van der Waals surface area contributed by atoms with Crippen molar-refractivity contribution in [3.05, 3.63) is 12.7 Å². The van der Waals surface area contributed by atoms with Crippen molar-refractivity contribution >= 4 is 0 Å². The maximum atomic E-state index is 3.82. The van der Waals surface area contributed by atoms with Gasteiger partial charge in [-0.25, -0.2) is 0 Å². The van der Waals surface area contributed by atoms with E-state index in [0.717, 1.165) is 24.3 Å². The van der Waals surface area contributed by atoms with Crippen molar-refractivity contribution in [2.75, 3.05) is 19.6 Å². The SMILES string of the molecule is C=CCN1CCC(C(C)CCCC(C)C)CC1. The third-order valence-corrected chi connectivity index (χ3v) is 4.27. The van der Waals surface area contributed by atoms with Gasteiger partial charge in [-0.15, -0.1) is 6.58 Å². The maximum Gasteiger partial charge on any atom is 0.0160 e. The minimum Gasteiger partial charge on any atom is -0.300 e. The summed E-state index contributed by atoms with van der Waals surface area (Å²) >= 11 is 0. The second kappa shape index (κ2) is 7.92. The number of piperidine rings is 1. The number of likely N-dealkylation sites (tertiary alicyclic amines) is 1.